The highest BCUT2D eigenvalue weighted by atomic mass is 79.9. The monoisotopic (exact) mass is 596 g/mol. The quantitative estimate of drug-likeness (QED) is 0.254. The van der Waals surface area contributed by atoms with Crippen LogP contribution < -0.4 is 14.9 Å². The first-order valence-electron chi connectivity index (χ1n) is 11.7. The molecule has 38 heavy (non-hydrogen) atoms. The number of hydrogen-bond donors (Lipinski definition) is 2. The number of nitrogens with one attached hydrogen (secondary N) is 2. The van der Waals surface area contributed by atoms with Crippen molar-refractivity contribution in [1.82, 2.24) is 9.71 Å². The lowest BCUT2D eigenvalue weighted by Gasteiger charge is -2.23. The number of benzene rings is 3. The molecule has 4 rings (SSSR count). The molecule has 2 N–H and O–H groups in total. The third-order valence-electron chi connectivity index (χ3n) is 5.53. The number of anilines is 2. The molecule has 11 heteroatoms. The molecule has 9 nitrogen and oxygen atoms in total. The van der Waals surface area contributed by atoms with E-state index in [1.807, 2.05) is 42.5 Å². The van der Waals surface area contributed by atoms with Crippen LogP contribution in [0.2, 0.25) is 0 Å². The second-order valence-corrected chi connectivity index (χ2v) is 11.0. The van der Waals surface area contributed by atoms with Gasteiger partial charge in [-0.15, -0.1) is 0 Å². The first kappa shape index (κ1) is 27.2. The van der Waals surface area contributed by atoms with Gasteiger partial charge in [-0.2, -0.15) is 0 Å². The van der Waals surface area contributed by atoms with E-state index in [9.17, 15) is 18.0 Å². The molecular weight excluding hydrogens is 572 g/mol. The van der Waals surface area contributed by atoms with Crippen LogP contribution in [0, 0.1) is 0 Å². The summed E-state index contributed by atoms with van der Waals surface area (Å²) >= 11 is 3.30. The Kier molecular flexibility index (Phi) is 9.06. The summed E-state index contributed by atoms with van der Waals surface area (Å²) in [4.78, 5) is 30.8. The summed E-state index contributed by atoms with van der Waals surface area (Å²) in [5, 5.41) is 4.52. The van der Waals surface area contributed by atoms with Crippen molar-refractivity contribution in [2.45, 2.75) is 0 Å². The molecule has 0 aliphatic heterocycles. The summed E-state index contributed by atoms with van der Waals surface area (Å²) in [6.45, 7) is -0.367. The highest BCUT2D eigenvalue weighted by Gasteiger charge is 2.21. The zero-order chi connectivity index (χ0) is 27.0. The summed E-state index contributed by atoms with van der Waals surface area (Å²) < 4.78 is 33.5. The van der Waals surface area contributed by atoms with E-state index in [4.69, 9.17) is 4.74 Å². The van der Waals surface area contributed by atoms with E-state index in [1.165, 1.54) is 11.1 Å². The zero-order valence-corrected chi connectivity index (χ0v) is 22.6. The largest absolute Gasteiger partial charge is 0.448 e. The summed E-state index contributed by atoms with van der Waals surface area (Å²) in [6, 6.07) is 23.5. The molecule has 4 aromatic rings. The van der Waals surface area contributed by atoms with E-state index in [0.29, 0.717) is 21.4 Å². The maximum absolute atomic E-state index is 13.2. The van der Waals surface area contributed by atoms with Gasteiger partial charge in [0.05, 0.1) is 17.0 Å². The van der Waals surface area contributed by atoms with Gasteiger partial charge in [0.1, 0.15) is 6.61 Å². The molecular formula is C27H25BrN4O5S. The van der Waals surface area contributed by atoms with Crippen LogP contribution in [0.1, 0.15) is 10.4 Å². The van der Waals surface area contributed by atoms with Crippen molar-refractivity contribution in [2.24, 2.45) is 0 Å². The number of pyridine rings is 1. The molecule has 196 valence electrons. The van der Waals surface area contributed by atoms with Crippen molar-refractivity contribution in [3.05, 3.63) is 101 Å². The van der Waals surface area contributed by atoms with Crippen LogP contribution in [0.25, 0.3) is 10.8 Å². The molecule has 0 saturated carbocycles. The van der Waals surface area contributed by atoms with Crippen molar-refractivity contribution in [3.8, 4) is 0 Å². The summed E-state index contributed by atoms with van der Waals surface area (Å²) in [5.41, 5.74) is 1.47. The number of hydrogen-bond acceptors (Lipinski definition) is 6. The van der Waals surface area contributed by atoms with Gasteiger partial charge in [0, 0.05) is 41.0 Å². The number of ether oxygens (including phenoxy) is 1. The molecule has 1 heterocycles. The SMILES string of the molecule is O=C(Nc1cccc2ccccc12)OCCNS(=O)(=O)CCN(C(=O)c1cncc(Br)c1)c1ccccc1. The number of halogens is 1. The van der Waals surface area contributed by atoms with Crippen LogP contribution in [0.4, 0.5) is 16.2 Å². The molecule has 3 aromatic carbocycles. The molecule has 0 spiro atoms. The molecule has 0 bridgehead atoms. The van der Waals surface area contributed by atoms with E-state index >= 15 is 0 Å². The minimum absolute atomic E-state index is 0.0902. The van der Waals surface area contributed by atoms with Crippen LogP contribution in [0.15, 0.2) is 95.7 Å². The molecule has 2 amide bonds. The Bertz CT molecular complexity index is 1530. The van der Waals surface area contributed by atoms with E-state index in [0.717, 1.165) is 10.8 Å². The van der Waals surface area contributed by atoms with E-state index in [2.05, 4.69) is 31.0 Å². The van der Waals surface area contributed by atoms with Gasteiger partial charge in [-0.25, -0.2) is 17.9 Å². The lowest BCUT2D eigenvalue weighted by Crippen LogP contribution is -2.39. The predicted octanol–water partition coefficient (Wildman–Crippen LogP) is 4.81. The zero-order valence-electron chi connectivity index (χ0n) is 20.2. The van der Waals surface area contributed by atoms with Crippen molar-refractivity contribution in [3.63, 3.8) is 0 Å². The number of para-hydroxylation sites is 1. The smallest absolute Gasteiger partial charge is 0.411 e. The highest BCUT2D eigenvalue weighted by Crippen LogP contribution is 2.23. The van der Waals surface area contributed by atoms with Gasteiger partial charge < -0.3 is 9.64 Å². The molecule has 0 aliphatic rings. The van der Waals surface area contributed by atoms with Crippen molar-refractivity contribution < 1.29 is 22.7 Å². The van der Waals surface area contributed by atoms with Crippen LogP contribution in [-0.4, -0.2) is 50.9 Å². The fraction of sp³-hybridized carbons (Fsp3) is 0.148. The molecule has 0 aliphatic carbocycles. The van der Waals surface area contributed by atoms with E-state index in [1.54, 1.807) is 42.6 Å². The number of nitrogens with zero attached hydrogens (tertiary/aromatic N) is 2. The fourth-order valence-electron chi connectivity index (χ4n) is 3.75. The summed E-state index contributed by atoms with van der Waals surface area (Å²) in [5.74, 6) is -0.731. The minimum Gasteiger partial charge on any atom is -0.448 e. The Balaban J connectivity index is 1.30. The second-order valence-electron chi connectivity index (χ2n) is 8.19. The maximum atomic E-state index is 13.2. The van der Waals surface area contributed by atoms with E-state index in [-0.39, 0.29) is 31.4 Å². The van der Waals surface area contributed by atoms with Gasteiger partial charge >= 0.3 is 6.09 Å². The summed E-state index contributed by atoms with van der Waals surface area (Å²) in [7, 11) is -3.77. The van der Waals surface area contributed by atoms with Crippen LogP contribution in [0.5, 0.6) is 0 Å². The average Bonchev–Trinajstić information content (AvgIpc) is 2.92. The van der Waals surface area contributed by atoms with Gasteiger partial charge in [-0.3, -0.25) is 15.1 Å². The first-order valence-corrected chi connectivity index (χ1v) is 14.1. The number of rotatable bonds is 10. The number of aromatic nitrogens is 1. The summed E-state index contributed by atoms with van der Waals surface area (Å²) in [6.07, 6.45) is 2.29. The number of carbonyl (C=O) groups is 2. The van der Waals surface area contributed by atoms with Gasteiger partial charge in [-0.05, 0) is 45.6 Å². The lowest BCUT2D eigenvalue weighted by molar-refractivity contribution is 0.0988. The fourth-order valence-corrected chi connectivity index (χ4v) is 5.07. The molecule has 0 fully saturated rings. The van der Waals surface area contributed by atoms with Gasteiger partial charge in [-0.1, -0.05) is 54.6 Å². The van der Waals surface area contributed by atoms with Crippen LogP contribution in [0.3, 0.4) is 0 Å². The molecule has 0 saturated heterocycles. The van der Waals surface area contributed by atoms with Crippen LogP contribution >= 0.6 is 15.9 Å². The van der Waals surface area contributed by atoms with Crippen molar-refractivity contribution >= 4 is 60.1 Å². The van der Waals surface area contributed by atoms with Crippen LogP contribution in [-0.2, 0) is 14.8 Å². The topological polar surface area (TPSA) is 118 Å². The van der Waals surface area contributed by atoms with Gasteiger partial charge in [0.2, 0.25) is 10.0 Å². The normalized spacial score (nSPS) is 11.2. The average molecular weight is 597 g/mol. The molecule has 0 unspecified atom stereocenters. The molecule has 0 radical (unpaired) electrons. The Morgan fingerprint density at radius 1 is 0.947 bits per heavy atom. The standard InChI is InChI=1S/C27H25BrN4O5S/c28-22-17-21(18-29-19-22)26(33)32(23-9-2-1-3-10-23)14-16-38(35,36)30-13-15-37-27(34)31-25-12-6-8-20-7-4-5-11-24(20)25/h1-12,17-19,30H,13-16H2,(H,31,34). The Morgan fingerprint density at radius 2 is 1.68 bits per heavy atom. The first-order chi connectivity index (χ1) is 18.3. The lowest BCUT2D eigenvalue weighted by atomic mass is 10.1. The maximum Gasteiger partial charge on any atom is 0.411 e. The third-order valence-corrected chi connectivity index (χ3v) is 7.33. The van der Waals surface area contributed by atoms with Crippen molar-refractivity contribution in [1.29, 1.82) is 0 Å². The number of carbonyl (C=O) groups excluding carboxylic acids is 2. The second kappa shape index (κ2) is 12.6. The number of amides is 2. The Hall–Kier alpha value is -3.80. The van der Waals surface area contributed by atoms with E-state index < -0.39 is 16.1 Å². The van der Waals surface area contributed by atoms with Gasteiger partial charge in [0.25, 0.3) is 5.91 Å². The van der Waals surface area contributed by atoms with Gasteiger partial charge in [0.15, 0.2) is 0 Å². The number of fused-ring (bicyclic) bond motifs is 1. The van der Waals surface area contributed by atoms with Crippen molar-refractivity contribution in [2.75, 3.05) is 35.7 Å². The molecule has 1 aromatic heterocycles. The Labute approximate surface area is 229 Å². The highest BCUT2D eigenvalue weighted by molar-refractivity contribution is 9.10. The number of sulfonamides is 1. The Morgan fingerprint density at radius 3 is 2.47 bits per heavy atom. The molecule has 0 atom stereocenters. The third kappa shape index (κ3) is 7.37. The minimum atomic E-state index is -3.77. The predicted molar refractivity (Wildman–Crippen MR) is 151 cm³/mol.